The molecule has 0 aliphatic carbocycles. The summed E-state index contributed by atoms with van der Waals surface area (Å²) in [5, 5.41) is 2.55. The predicted molar refractivity (Wildman–Crippen MR) is 47.0 cm³/mol. The summed E-state index contributed by atoms with van der Waals surface area (Å²) < 4.78 is 5.38. The molecule has 1 saturated heterocycles. The highest BCUT2D eigenvalue weighted by Crippen LogP contribution is 2.14. The molecule has 1 amide bonds. The number of ether oxygens (including phenoxy) is 1. The number of amides is 1. The van der Waals surface area contributed by atoms with Gasteiger partial charge in [0.05, 0.1) is 0 Å². The van der Waals surface area contributed by atoms with E-state index in [1.54, 1.807) is 0 Å². The number of carbonyl (C=O) groups excluding carboxylic acids is 1. The van der Waals surface area contributed by atoms with Gasteiger partial charge in [-0.15, -0.1) is 0 Å². The zero-order valence-electron chi connectivity index (χ0n) is 6.94. The van der Waals surface area contributed by atoms with Crippen LogP contribution in [0.4, 0.5) is 0 Å². The van der Waals surface area contributed by atoms with Crippen LogP contribution in [0.1, 0.15) is 0 Å². The molecule has 1 aromatic rings. The largest absolute Gasteiger partial charge is 0.468 e. The van der Waals surface area contributed by atoms with E-state index in [0.29, 0.717) is 5.75 Å². The molecule has 0 bridgehead atoms. The third-order valence-electron chi connectivity index (χ3n) is 1.92. The number of rotatable bonds is 2. The minimum Gasteiger partial charge on any atom is -0.468 e. The molecule has 2 atom stereocenters. The Morgan fingerprint density at radius 1 is 1.31 bits per heavy atom. The van der Waals surface area contributed by atoms with E-state index in [1.165, 1.54) is 0 Å². The fourth-order valence-corrected chi connectivity index (χ4v) is 1.12. The lowest BCUT2D eigenvalue weighted by molar-refractivity contribution is -0.137. The average Bonchev–Trinajstić information content (AvgIpc) is 2.19. The van der Waals surface area contributed by atoms with E-state index in [-0.39, 0.29) is 12.1 Å². The first-order chi connectivity index (χ1) is 6.27. The molecule has 0 unspecified atom stereocenters. The summed E-state index contributed by atoms with van der Waals surface area (Å²) in [6, 6.07) is 8.71. The van der Waals surface area contributed by atoms with Gasteiger partial charge in [-0.3, -0.25) is 4.79 Å². The van der Waals surface area contributed by atoms with E-state index in [4.69, 9.17) is 10.5 Å². The Kier molecular flexibility index (Phi) is 1.90. The van der Waals surface area contributed by atoms with Crippen LogP contribution in [0.5, 0.6) is 5.75 Å². The first-order valence-electron chi connectivity index (χ1n) is 4.05. The van der Waals surface area contributed by atoms with Crippen LogP contribution in [0.3, 0.4) is 0 Å². The molecule has 4 nitrogen and oxygen atoms in total. The van der Waals surface area contributed by atoms with Crippen LogP contribution >= 0.6 is 0 Å². The Bertz CT molecular complexity index is 313. The van der Waals surface area contributed by atoms with Crippen LogP contribution in [0, 0.1) is 0 Å². The molecule has 0 spiro atoms. The van der Waals surface area contributed by atoms with E-state index >= 15 is 0 Å². The summed E-state index contributed by atoms with van der Waals surface area (Å²) in [5.74, 6) is 0.545. The third-order valence-corrected chi connectivity index (χ3v) is 1.92. The topological polar surface area (TPSA) is 64.4 Å². The van der Waals surface area contributed by atoms with Gasteiger partial charge in [-0.25, -0.2) is 0 Å². The van der Waals surface area contributed by atoms with Crippen LogP contribution in [-0.2, 0) is 4.79 Å². The molecule has 13 heavy (non-hydrogen) atoms. The molecule has 1 fully saturated rings. The molecule has 3 N–H and O–H groups in total. The molecule has 0 aromatic heterocycles. The lowest BCUT2D eigenvalue weighted by Gasteiger charge is -2.33. The van der Waals surface area contributed by atoms with Crippen molar-refractivity contribution in [3.05, 3.63) is 30.3 Å². The molecule has 1 aromatic carbocycles. The zero-order chi connectivity index (χ0) is 9.26. The SMILES string of the molecule is N[C@@H]1C(=O)N[C@H]1Oc1ccccc1. The zero-order valence-corrected chi connectivity index (χ0v) is 6.94. The van der Waals surface area contributed by atoms with Crippen molar-refractivity contribution in [2.24, 2.45) is 5.73 Å². The summed E-state index contributed by atoms with van der Waals surface area (Å²) in [4.78, 5) is 10.7. The Morgan fingerprint density at radius 2 is 2.00 bits per heavy atom. The molecule has 0 saturated carbocycles. The van der Waals surface area contributed by atoms with Gasteiger partial charge < -0.3 is 15.8 Å². The van der Waals surface area contributed by atoms with Crippen molar-refractivity contribution in [3.8, 4) is 5.75 Å². The lowest BCUT2D eigenvalue weighted by Crippen LogP contribution is -2.69. The van der Waals surface area contributed by atoms with Gasteiger partial charge >= 0.3 is 0 Å². The third kappa shape index (κ3) is 1.48. The van der Waals surface area contributed by atoms with Gasteiger partial charge in [0.1, 0.15) is 11.8 Å². The van der Waals surface area contributed by atoms with Crippen molar-refractivity contribution in [3.63, 3.8) is 0 Å². The van der Waals surface area contributed by atoms with Crippen LogP contribution in [0.25, 0.3) is 0 Å². The van der Waals surface area contributed by atoms with E-state index in [2.05, 4.69) is 5.32 Å². The van der Waals surface area contributed by atoms with Gasteiger partial charge in [-0.05, 0) is 12.1 Å². The summed E-state index contributed by atoms with van der Waals surface area (Å²) in [5.41, 5.74) is 5.48. The lowest BCUT2D eigenvalue weighted by atomic mass is 10.1. The maximum atomic E-state index is 10.7. The molecule has 4 heteroatoms. The number of β-lactam (4-membered cyclic amide) rings is 1. The number of hydrogen-bond donors (Lipinski definition) is 2. The highest BCUT2D eigenvalue weighted by Gasteiger charge is 2.37. The first-order valence-corrected chi connectivity index (χ1v) is 4.05. The second-order valence-corrected chi connectivity index (χ2v) is 2.89. The van der Waals surface area contributed by atoms with Gasteiger partial charge in [0, 0.05) is 0 Å². The maximum Gasteiger partial charge on any atom is 0.245 e. The van der Waals surface area contributed by atoms with Crippen molar-refractivity contribution >= 4 is 5.91 Å². The van der Waals surface area contributed by atoms with E-state index < -0.39 is 6.04 Å². The monoisotopic (exact) mass is 178 g/mol. The second kappa shape index (κ2) is 3.06. The van der Waals surface area contributed by atoms with Gasteiger partial charge in [0.15, 0.2) is 6.23 Å². The van der Waals surface area contributed by atoms with E-state index in [9.17, 15) is 4.79 Å². The standard InChI is InChI=1S/C9H10N2O2/c10-7-8(12)11-9(7)13-6-4-2-1-3-5-6/h1-5,7,9H,10H2,(H,11,12)/t7-,9+/m1/s1. The smallest absolute Gasteiger partial charge is 0.245 e. The fourth-order valence-electron chi connectivity index (χ4n) is 1.12. The quantitative estimate of drug-likeness (QED) is 0.619. The van der Waals surface area contributed by atoms with Crippen LogP contribution in [-0.4, -0.2) is 18.2 Å². The summed E-state index contributed by atoms with van der Waals surface area (Å²) in [7, 11) is 0. The number of benzene rings is 1. The van der Waals surface area contributed by atoms with Crippen LogP contribution in [0.2, 0.25) is 0 Å². The number of para-hydroxylation sites is 1. The van der Waals surface area contributed by atoms with Crippen molar-refractivity contribution in [1.82, 2.24) is 5.32 Å². The molecule has 2 rings (SSSR count). The minimum absolute atomic E-state index is 0.166. The van der Waals surface area contributed by atoms with Crippen molar-refractivity contribution in [2.75, 3.05) is 0 Å². The van der Waals surface area contributed by atoms with Crippen molar-refractivity contribution in [2.45, 2.75) is 12.3 Å². The van der Waals surface area contributed by atoms with Gasteiger partial charge in [-0.1, -0.05) is 18.2 Å². The van der Waals surface area contributed by atoms with Crippen molar-refractivity contribution < 1.29 is 9.53 Å². The minimum atomic E-state index is -0.541. The molecule has 1 aliphatic rings. The summed E-state index contributed by atoms with van der Waals surface area (Å²) in [6.07, 6.45) is -0.380. The number of nitrogens with one attached hydrogen (secondary N) is 1. The maximum absolute atomic E-state index is 10.7. The number of hydrogen-bond acceptors (Lipinski definition) is 3. The van der Waals surface area contributed by atoms with Crippen LogP contribution < -0.4 is 15.8 Å². The van der Waals surface area contributed by atoms with Gasteiger partial charge in [-0.2, -0.15) is 0 Å². The second-order valence-electron chi connectivity index (χ2n) is 2.89. The fraction of sp³-hybridized carbons (Fsp3) is 0.222. The van der Waals surface area contributed by atoms with E-state index in [1.807, 2.05) is 30.3 Å². The summed E-state index contributed by atoms with van der Waals surface area (Å²) in [6.45, 7) is 0. The molecular formula is C9H10N2O2. The highest BCUT2D eigenvalue weighted by molar-refractivity contribution is 5.88. The Balaban J connectivity index is 1.97. The Labute approximate surface area is 75.7 Å². The Hall–Kier alpha value is -1.55. The molecule has 68 valence electrons. The van der Waals surface area contributed by atoms with Crippen molar-refractivity contribution in [1.29, 1.82) is 0 Å². The Morgan fingerprint density at radius 3 is 2.54 bits per heavy atom. The van der Waals surface area contributed by atoms with E-state index in [0.717, 1.165) is 0 Å². The van der Waals surface area contributed by atoms with Gasteiger partial charge in [0.2, 0.25) is 5.91 Å². The molecule has 0 radical (unpaired) electrons. The molecule has 1 aliphatic heterocycles. The molecular weight excluding hydrogens is 168 g/mol. The highest BCUT2D eigenvalue weighted by atomic mass is 16.5. The predicted octanol–water partition coefficient (Wildman–Crippen LogP) is -0.151. The van der Waals surface area contributed by atoms with Crippen LogP contribution in [0.15, 0.2) is 30.3 Å². The normalized spacial score (nSPS) is 26.1. The average molecular weight is 178 g/mol. The molecule has 1 heterocycles. The first kappa shape index (κ1) is 8.07. The number of carbonyl (C=O) groups is 1. The summed E-state index contributed by atoms with van der Waals surface area (Å²) >= 11 is 0. The van der Waals surface area contributed by atoms with Gasteiger partial charge in [0.25, 0.3) is 0 Å². The number of nitrogens with two attached hydrogens (primary N) is 1.